The highest BCUT2D eigenvalue weighted by atomic mass is 79.9. The smallest absolute Gasteiger partial charge is 0.267 e. The molecule has 0 aliphatic carbocycles. The molecule has 1 aliphatic heterocycles. The van der Waals surface area contributed by atoms with Crippen LogP contribution in [0.3, 0.4) is 0 Å². The molecule has 1 aliphatic rings. The van der Waals surface area contributed by atoms with Gasteiger partial charge in [-0.25, -0.2) is 0 Å². The Morgan fingerprint density at radius 1 is 0.971 bits per heavy atom. The zero-order chi connectivity index (χ0) is 24.5. The fraction of sp³-hybridized carbons (Fsp3) is 0.259. The fourth-order valence-electron chi connectivity index (χ4n) is 3.71. The van der Waals surface area contributed by atoms with Crippen molar-refractivity contribution in [2.75, 3.05) is 39.4 Å². The minimum atomic E-state index is -0.363. The van der Waals surface area contributed by atoms with E-state index in [-0.39, 0.29) is 17.5 Å². The van der Waals surface area contributed by atoms with Gasteiger partial charge in [-0.3, -0.25) is 14.5 Å². The number of hydrogen-bond donors (Lipinski definition) is 2. The maximum Gasteiger partial charge on any atom is 0.267 e. The van der Waals surface area contributed by atoms with Gasteiger partial charge >= 0.3 is 0 Å². The predicted molar refractivity (Wildman–Crippen MR) is 139 cm³/mol. The highest BCUT2D eigenvalue weighted by Gasteiger charge is 2.16. The van der Waals surface area contributed by atoms with Crippen LogP contribution in [0.2, 0.25) is 0 Å². The van der Waals surface area contributed by atoms with Gasteiger partial charge in [0, 0.05) is 41.3 Å². The Labute approximate surface area is 213 Å². The Bertz CT molecular complexity index is 1150. The van der Waals surface area contributed by atoms with E-state index >= 15 is 0 Å². The maximum atomic E-state index is 13.0. The number of halogens is 1. The largest absolute Gasteiger partial charge is 0.457 e. The lowest BCUT2D eigenvalue weighted by atomic mass is 10.2. The monoisotopic (exact) mass is 537 g/mol. The van der Waals surface area contributed by atoms with Crippen molar-refractivity contribution >= 4 is 33.8 Å². The second-order valence-corrected chi connectivity index (χ2v) is 9.07. The van der Waals surface area contributed by atoms with E-state index in [9.17, 15) is 9.59 Å². The van der Waals surface area contributed by atoms with E-state index in [1.54, 1.807) is 36.4 Å². The third-order valence-corrected chi connectivity index (χ3v) is 6.14. The van der Waals surface area contributed by atoms with Gasteiger partial charge in [0.15, 0.2) is 0 Å². The lowest BCUT2D eigenvalue weighted by molar-refractivity contribution is -0.117. The number of hydrogen-bond acceptors (Lipinski definition) is 5. The van der Waals surface area contributed by atoms with E-state index in [4.69, 9.17) is 9.15 Å². The summed E-state index contributed by atoms with van der Waals surface area (Å²) < 4.78 is 12.3. The van der Waals surface area contributed by atoms with E-state index in [2.05, 4.69) is 31.5 Å². The summed E-state index contributed by atoms with van der Waals surface area (Å²) in [5.41, 5.74) is 1.51. The van der Waals surface area contributed by atoms with Crippen LogP contribution in [0.4, 0.5) is 0 Å². The third kappa shape index (κ3) is 7.39. The standard InChI is InChI=1S/C27H28BrN3O4/c28-22-9-7-20(8-10-22)25-12-11-23(35-25)19-24(30-26(32)21-5-2-1-3-6-21)27(33)29-13-4-14-31-15-17-34-18-16-31/h1-3,5-12,19H,4,13-18H2,(H,29,33)(H,30,32)/b24-19-. The van der Waals surface area contributed by atoms with Crippen molar-refractivity contribution in [2.24, 2.45) is 0 Å². The maximum absolute atomic E-state index is 13.0. The lowest BCUT2D eigenvalue weighted by Crippen LogP contribution is -2.39. The Balaban J connectivity index is 1.45. The molecule has 1 aromatic heterocycles. The first-order chi connectivity index (χ1) is 17.1. The predicted octanol–water partition coefficient (Wildman–Crippen LogP) is 4.32. The molecule has 2 heterocycles. The first-order valence-electron chi connectivity index (χ1n) is 11.6. The zero-order valence-electron chi connectivity index (χ0n) is 19.3. The van der Waals surface area contributed by atoms with Crippen LogP contribution in [0.5, 0.6) is 0 Å². The topological polar surface area (TPSA) is 83.8 Å². The Kier molecular flexibility index (Phi) is 8.89. The third-order valence-electron chi connectivity index (χ3n) is 5.61. The number of carbonyl (C=O) groups excluding carboxylic acids is 2. The molecule has 7 nitrogen and oxygen atoms in total. The van der Waals surface area contributed by atoms with Crippen LogP contribution in [0.25, 0.3) is 17.4 Å². The van der Waals surface area contributed by atoms with Crippen molar-refractivity contribution in [3.8, 4) is 11.3 Å². The number of ether oxygens (including phenoxy) is 1. The van der Waals surface area contributed by atoms with E-state index in [1.165, 1.54) is 0 Å². The molecule has 2 N–H and O–H groups in total. The molecule has 1 saturated heterocycles. The van der Waals surface area contributed by atoms with Crippen LogP contribution < -0.4 is 10.6 Å². The van der Waals surface area contributed by atoms with Gasteiger partial charge in [-0.1, -0.05) is 46.3 Å². The van der Waals surface area contributed by atoms with Gasteiger partial charge in [-0.05, 0) is 49.4 Å². The minimum absolute atomic E-state index is 0.127. The second kappa shape index (κ2) is 12.5. The Morgan fingerprint density at radius 2 is 1.71 bits per heavy atom. The SMILES string of the molecule is O=C(NCCCN1CCOCC1)/C(=C/c1ccc(-c2ccc(Br)cc2)o1)NC(=O)c1ccccc1. The summed E-state index contributed by atoms with van der Waals surface area (Å²) in [7, 11) is 0. The van der Waals surface area contributed by atoms with E-state index in [0.717, 1.165) is 49.3 Å². The second-order valence-electron chi connectivity index (χ2n) is 8.15. The fourth-order valence-corrected chi connectivity index (χ4v) is 3.97. The number of amides is 2. The molecular formula is C27H28BrN3O4. The van der Waals surface area contributed by atoms with Gasteiger partial charge in [0.25, 0.3) is 11.8 Å². The number of nitrogens with zero attached hydrogens (tertiary/aromatic N) is 1. The van der Waals surface area contributed by atoms with E-state index in [1.807, 2.05) is 36.4 Å². The minimum Gasteiger partial charge on any atom is -0.457 e. The number of furan rings is 1. The average Bonchev–Trinajstić information content (AvgIpc) is 3.36. The molecule has 0 unspecified atom stereocenters. The zero-order valence-corrected chi connectivity index (χ0v) is 20.9. The molecule has 0 spiro atoms. The Morgan fingerprint density at radius 3 is 2.46 bits per heavy atom. The number of rotatable bonds is 9. The van der Waals surface area contributed by atoms with Gasteiger partial charge in [0.2, 0.25) is 0 Å². The molecule has 2 aromatic carbocycles. The molecule has 2 amide bonds. The molecule has 0 atom stereocenters. The summed E-state index contributed by atoms with van der Waals surface area (Å²) in [6.07, 6.45) is 2.36. The van der Waals surface area contributed by atoms with Crippen molar-refractivity contribution in [3.63, 3.8) is 0 Å². The first kappa shape index (κ1) is 24.9. The van der Waals surface area contributed by atoms with Gasteiger partial charge < -0.3 is 19.8 Å². The van der Waals surface area contributed by atoms with Crippen molar-refractivity contribution in [2.45, 2.75) is 6.42 Å². The molecule has 1 fully saturated rings. The summed E-state index contributed by atoms with van der Waals surface area (Å²) >= 11 is 3.43. The van der Waals surface area contributed by atoms with Crippen LogP contribution in [0.1, 0.15) is 22.5 Å². The van der Waals surface area contributed by atoms with Crippen LogP contribution in [0, 0.1) is 0 Å². The normalized spacial score (nSPS) is 14.5. The molecule has 0 bridgehead atoms. The molecule has 35 heavy (non-hydrogen) atoms. The lowest BCUT2D eigenvalue weighted by Gasteiger charge is -2.26. The summed E-state index contributed by atoms with van der Waals surface area (Å²) in [4.78, 5) is 28.1. The molecular weight excluding hydrogens is 510 g/mol. The highest BCUT2D eigenvalue weighted by molar-refractivity contribution is 9.10. The van der Waals surface area contributed by atoms with Gasteiger partial charge in [-0.2, -0.15) is 0 Å². The number of morpholine rings is 1. The molecule has 0 saturated carbocycles. The molecule has 8 heteroatoms. The average molecular weight is 538 g/mol. The summed E-state index contributed by atoms with van der Waals surface area (Å²) in [6, 6.07) is 20.2. The molecule has 4 rings (SSSR count). The van der Waals surface area contributed by atoms with Gasteiger partial charge in [0.1, 0.15) is 17.2 Å². The quantitative estimate of drug-likeness (QED) is 0.313. The van der Waals surface area contributed by atoms with Crippen molar-refractivity contribution in [3.05, 3.63) is 88.2 Å². The number of benzene rings is 2. The Hall–Kier alpha value is -3.20. The molecule has 3 aromatic rings. The van der Waals surface area contributed by atoms with Gasteiger partial charge in [0.05, 0.1) is 13.2 Å². The number of nitrogens with one attached hydrogen (secondary N) is 2. The number of carbonyl (C=O) groups is 2. The van der Waals surface area contributed by atoms with Crippen LogP contribution >= 0.6 is 15.9 Å². The van der Waals surface area contributed by atoms with Crippen molar-refractivity contribution in [1.29, 1.82) is 0 Å². The van der Waals surface area contributed by atoms with E-state index < -0.39 is 0 Å². The van der Waals surface area contributed by atoms with Crippen molar-refractivity contribution < 1.29 is 18.7 Å². The van der Waals surface area contributed by atoms with Crippen molar-refractivity contribution in [1.82, 2.24) is 15.5 Å². The summed E-state index contributed by atoms with van der Waals surface area (Å²) in [5, 5.41) is 5.66. The molecule has 182 valence electrons. The van der Waals surface area contributed by atoms with Crippen LogP contribution in [-0.4, -0.2) is 56.1 Å². The van der Waals surface area contributed by atoms with Crippen LogP contribution in [-0.2, 0) is 9.53 Å². The summed E-state index contributed by atoms with van der Waals surface area (Å²) in [5.74, 6) is 0.413. The van der Waals surface area contributed by atoms with Gasteiger partial charge in [-0.15, -0.1) is 0 Å². The highest BCUT2D eigenvalue weighted by Crippen LogP contribution is 2.25. The summed E-state index contributed by atoms with van der Waals surface area (Å²) in [6.45, 7) is 4.69. The van der Waals surface area contributed by atoms with E-state index in [0.29, 0.717) is 23.6 Å². The molecule has 0 radical (unpaired) electrons. The first-order valence-corrected chi connectivity index (χ1v) is 12.4. The van der Waals surface area contributed by atoms with Crippen LogP contribution in [0.15, 0.2) is 81.3 Å².